The normalized spacial score (nSPS) is 18.6. The molecule has 0 saturated carbocycles. The van der Waals surface area contributed by atoms with Crippen LogP contribution in [0.3, 0.4) is 0 Å². The van der Waals surface area contributed by atoms with Crippen LogP contribution in [0.15, 0.2) is 24.3 Å². The van der Waals surface area contributed by atoms with Crippen LogP contribution in [0, 0.1) is 0 Å². The number of hydrogen-bond donors (Lipinski definition) is 1. The molecule has 1 aliphatic rings. The molecule has 1 aromatic carbocycles. The smallest absolute Gasteiger partial charge is 0.0794 e. The predicted molar refractivity (Wildman–Crippen MR) is 52.7 cm³/mol. The standard InChI is InChI=1S/C10H12ClNO/c11-10-4-2-1-3-8(10)5-12-6-9(13)7-12/h1-4,9,13H,5-7H2. The summed E-state index contributed by atoms with van der Waals surface area (Å²) in [7, 11) is 0. The lowest BCUT2D eigenvalue weighted by Crippen LogP contribution is -2.49. The maximum absolute atomic E-state index is 9.09. The zero-order valence-electron chi connectivity index (χ0n) is 7.28. The lowest BCUT2D eigenvalue weighted by Gasteiger charge is -2.35. The molecule has 1 saturated heterocycles. The van der Waals surface area contributed by atoms with Crippen molar-refractivity contribution in [2.45, 2.75) is 12.6 Å². The first-order valence-electron chi connectivity index (χ1n) is 4.39. The Balaban J connectivity index is 1.98. The van der Waals surface area contributed by atoms with Crippen molar-refractivity contribution in [3.63, 3.8) is 0 Å². The van der Waals surface area contributed by atoms with Gasteiger partial charge in [-0.1, -0.05) is 29.8 Å². The van der Waals surface area contributed by atoms with Crippen molar-refractivity contribution >= 4 is 11.6 Å². The highest BCUT2D eigenvalue weighted by Gasteiger charge is 2.24. The molecule has 0 aliphatic carbocycles. The van der Waals surface area contributed by atoms with Crippen molar-refractivity contribution in [3.8, 4) is 0 Å². The van der Waals surface area contributed by atoms with Gasteiger partial charge in [-0.2, -0.15) is 0 Å². The second kappa shape index (κ2) is 3.66. The molecule has 3 heteroatoms. The third-order valence-corrected chi connectivity index (χ3v) is 2.66. The summed E-state index contributed by atoms with van der Waals surface area (Å²) in [4.78, 5) is 2.17. The summed E-state index contributed by atoms with van der Waals surface area (Å²) in [5.74, 6) is 0. The Morgan fingerprint density at radius 1 is 1.38 bits per heavy atom. The highest BCUT2D eigenvalue weighted by atomic mass is 35.5. The van der Waals surface area contributed by atoms with Crippen molar-refractivity contribution in [2.24, 2.45) is 0 Å². The lowest BCUT2D eigenvalue weighted by molar-refractivity contribution is -0.00285. The Kier molecular flexibility index (Phi) is 2.54. The number of aliphatic hydroxyl groups excluding tert-OH is 1. The minimum absolute atomic E-state index is 0.137. The van der Waals surface area contributed by atoms with Crippen molar-refractivity contribution in [3.05, 3.63) is 34.9 Å². The maximum Gasteiger partial charge on any atom is 0.0794 e. The summed E-state index contributed by atoms with van der Waals surface area (Å²) >= 11 is 6.00. The molecule has 1 N–H and O–H groups in total. The molecule has 0 spiro atoms. The molecule has 0 atom stereocenters. The number of likely N-dealkylation sites (tertiary alicyclic amines) is 1. The highest BCUT2D eigenvalue weighted by molar-refractivity contribution is 6.31. The van der Waals surface area contributed by atoms with E-state index >= 15 is 0 Å². The van der Waals surface area contributed by atoms with E-state index in [4.69, 9.17) is 16.7 Å². The largest absolute Gasteiger partial charge is 0.390 e. The lowest BCUT2D eigenvalue weighted by atomic mass is 10.1. The summed E-state index contributed by atoms with van der Waals surface area (Å²) < 4.78 is 0. The molecular weight excluding hydrogens is 186 g/mol. The van der Waals surface area contributed by atoms with E-state index in [2.05, 4.69) is 4.90 Å². The minimum atomic E-state index is -0.137. The highest BCUT2D eigenvalue weighted by Crippen LogP contribution is 2.19. The molecule has 0 unspecified atom stereocenters. The van der Waals surface area contributed by atoms with Crippen LogP contribution in [0.1, 0.15) is 5.56 Å². The van der Waals surface area contributed by atoms with Crippen molar-refractivity contribution < 1.29 is 5.11 Å². The topological polar surface area (TPSA) is 23.5 Å². The van der Waals surface area contributed by atoms with Gasteiger partial charge in [0.1, 0.15) is 0 Å². The van der Waals surface area contributed by atoms with Gasteiger partial charge >= 0.3 is 0 Å². The number of aliphatic hydroxyl groups is 1. The summed E-state index contributed by atoms with van der Waals surface area (Å²) in [5.41, 5.74) is 1.14. The van der Waals surface area contributed by atoms with E-state index in [9.17, 15) is 0 Å². The van der Waals surface area contributed by atoms with Gasteiger partial charge in [0, 0.05) is 24.7 Å². The molecule has 1 heterocycles. The van der Waals surface area contributed by atoms with E-state index in [1.807, 2.05) is 24.3 Å². The van der Waals surface area contributed by atoms with Gasteiger partial charge in [-0.05, 0) is 11.6 Å². The molecular formula is C10H12ClNO. The number of rotatable bonds is 2. The first-order valence-corrected chi connectivity index (χ1v) is 4.77. The van der Waals surface area contributed by atoms with Gasteiger partial charge in [0.2, 0.25) is 0 Å². The van der Waals surface area contributed by atoms with Gasteiger partial charge in [0.25, 0.3) is 0 Å². The van der Waals surface area contributed by atoms with E-state index in [0.717, 1.165) is 30.2 Å². The van der Waals surface area contributed by atoms with Crippen LogP contribution in [0.5, 0.6) is 0 Å². The van der Waals surface area contributed by atoms with E-state index in [1.54, 1.807) is 0 Å². The molecule has 0 aromatic heterocycles. The first kappa shape index (κ1) is 9.00. The van der Waals surface area contributed by atoms with Crippen LogP contribution < -0.4 is 0 Å². The third-order valence-electron chi connectivity index (χ3n) is 2.29. The minimum Gasteiger partial charge on any atom is -0.390 e. The average molecular weight is 198 g/mol. The SMILES string of the molecule is OC1CN(Cc2ccccc2Cl)C1. The maximum atomic E-state index is 9.09. The molecule has 70 valence electrons. The van der Waals surface area contributed by atoms with Crippen molar-refractivity contribution in [1.29, 1.82) is 0 Å². The second-order valence-electron chi connectivity index (χ2n) is 3.44. The summed E-state index contributed by atoms with van der Waals surface area (Å²) in [6.07, 6.45) is -0.137. The van der Waals surface area contributed by atoms with E-state index in [1.165, 1.54) is 0 Å². The fraction of sp³-hybridized carbons (Fsp3) is 0.400. The van der Waals surface area contributed by atoms with E-state index < -0.39 is 0 Å². The van der Waals surface area contributed by atoms with Crippen LogP contribution in [0.2, 0.25) is 5.02 Å². The summed E-state index contributed by atoms with van der Waals surface area (Å²) in [6, 6.07) is 7.83. The Morgan fingerprint density at radius 3 is 2.69 bits per heavy atom. The molecule has 0 amide bonds. The Morgan fingerprint density at radius 2 is 2.08 bits per heavy atom. The third kappa shape index (κ3) is 2.02. The van der Waals surface area contributed by atoms with Crippen LogP contribution in [0.4, 0.5) is 0 Å². The number of β-amino-alcohol motifs (C(OH)–C–C–N with tert-alkyl or cyclic N) is 1. The molecule has 2 rings (SSSR count). The molecule has 0 radical (unpaired) electrons. The number of nitrogens with zero attached hydrogens (tertiary/aromatic N) is 1. The first-order chi connectivity index (χ1) is 6.25. The fourth-order valence-corrected chi connectivity index (χ4v) is 1.73. The van der Waals surface area contributed by atoms with Crippen LogP contribution in [0.25, 0.3) is 0 Å². The zero-order chi connectivity index (χ0) is 9.26. The average Bonchev–Trinajstić information content (AvgIpc) is 2.06. The van der Waals surface area contributed by atoms with Crippen molar-refractivity contribution in [2.75, 3.05) is 13.1 Å². The number of halogens is 1. The predicted octanol–water partition coefficient (Wildman–Crippen LogP) is 1.52. The van der Waals surface area contributed by atoms with Gasteiger partial charge in [-0.15, -0.1) is 0 Å². The fourth-order valence-electron chi connectivity index (χ4n) is 1.54. The Hall–Kier alpha value is -0.570. The summed E-state index contributed by atoms with van der Waals surface area (Å²) in [6.45, 7) is 2.38. The monoisotopic (exact) mass is 197 g/mol. The van der Waals surface area contributed by atoms with Crippen molar-refractivity contribution in [1.82, 2.24) is 4.90 Å². The van der Waals surface area contributed by atoms with E-state index in [0.29, 0.717) is 0 Å². The van der Waals surface area contributed by atoms with Crippen LogP contribution in [-0.2, 0) is 6.54 Å². The van der Waals surface area contributed by atoms with Crippen LogP contribution >= 0.6 is 11.6 Å². The molecule has 1 aliphatic heterocycles. The molecule has 1 fully saturated rings. The summed E-state index contributed by atoms with van der Waals surface area (Å²) in [5, 5.41) is 9.90. The van der Waals surface area contributed by atoms with Gasteiger partial charge in [-0.3, -0.25) is 4.90 Å². The van der Waals surface area contributed by atoms with Gasteiger partial charge < -0.3 is 5.11 Å². The van der Waals surface area contributed by atoms with E-state index in [-0.39, 0.29) is 6.10 Å². The van der Waals surface area contributed by atoms with Gasteiger partial charge in [-0.25, -0.2) is 0 Å². The Bertz CT molecular complexity index is 297. The molecule has 0 bridgehead atoms. The zero-order valence-corrected chi connectivity index (χ0v) is 8.04. The molecule has 2 nitrogen and oxygen atoms in total. The quantitative estimate of drug-likeness (QED) is 0.777. The number of hydrogen-bond acceptors (Lipinski definition) is 2. The molecule has 13 heavy (non-hydrogen) atoms. The van der Waals surface area contributed by atoms with Gasteiger partial charge in [0.05, 0.1) is 6.10 Å². The molecule has 1 aromatic rings. The van der Waals surface area contributed by atoms with Crippen LogP contribution in [-0.4, -0.2) is 29.2 Å². The Labute approximate surface area is 82.7 Å². The van der Waals surface area contributed by atoms with Gasteiger partial charge in [0.15, 0.2) is 0 Å². The number of benzene rings is 1. The second-order valence-corrected chi connectivity index (χ2v) is 3.85.